The zero-order chi connectivity index (χ0) is 22.4. The minimum absolute atomic E-state index is 0.0308. The fourth-order valence-corrected chi connectivity index (χ4v) is 4.26. The molecule has 0 saturated heterocycles. The zero-order valence-electron chi connectivity index (χ0n) is 17.0. The Labute approximate surface area is 186 Å². The summed E-state index contributed by atoms with van der Waals surface area (Å²) in [5, 5.41) is 4.31. The van der Waals surface area contributed by atoms with Crippen molar-refractivity contribution in [2.45, 2.75) is 18.7 Å². The highest BCUT2D eigenvalue weighted by molar-refractivity contribution is 7.92. The zero-order valence-corrected chi connectivity index (χ0v) is 18.6. The topological polar surface area (TPSA) is 91.7 Å². The van der Waals surface area contributed by atoms with Crippen LogP contribution in [0.2, 0.25) is 5.02 Å². The van der Waals surface area contributed by atoms with Crippen molar-refractivity contribution in [1.82, 2.24) is 10.4 Å². The molecule has 0 aliphatic rings. The molecule has 0 aliphatic heterocycles. The van der Waals surface area contributed by atoms with Gasteiger partial charge in [-0.15, -0.1) is 0 Å². The lowest BCUT2D eigenvalue weighted by atomic mass is 10.1. The summed E-state index contributed by atoms with van der Waals surface area (Å²) in [5.74, 6) is -0.582. The van der Waals surface area contributed by atoms with E-state index in [1.807, 2.05) is 19.9 Å². The fraction of sp³-hybridized carbons (Fsp3) is 0.136. The van der Waals surface area contributed by atoms with Crippen LogP contribution in [0.3, 0.4) is 0 Å². The van der Waals surface area contributed by atoms with Crippen LogP contribution in [-0.2, 0) is 14.8 Å². The second-order valence-corrected chi connectivity index (χ2v) is 9.11. The van der Waals surface area contributed by atoms with E-state index in [1.165, 1.54) is 30.5 Å². The van der Waals surface area contributed by atoms with Crippen LogP contribution in [0.25, 0.3) is 0 Å². The van der Waals surface area contributed by atoms with Gasteiger partial charge in [0.15, 0.2) is 0 Å². The van der Waals surface area contributed by atoms with Gasteiger partial charge in [0.2, 0.25) is 0 Å². The summed E-state index contributed by atoms with van der Waals surface area (Å²) >= 11 is 5.90. The first-order valence-corrected chi connectivity index (χ1v) is 11.2. The molecule has 160 valence electrons. The number of hydrogen-bond acceptors (Lipinski definition) is 5. The van der Waals surface area contributed by atoms with E-state index < -0.39 is 22.5 Å². The predicted octanol–water partition coefficient (Wildman–Crippen LogP) is 3.70. The van der Waals surface area contributed by atoms with E-state index in [-0.39, 0.29) is 4.90 Å². The van der Waals surface area contributed by atoms with Gasteiger partial charge in [0, 0.05) is 17.4 Å². The molecule has 31 heavy (non-hydrogen) atoms. The maximum atomic E-state index is 13.3. The van der Waals surface area contributed by atoms with Gasteiger partial charge in [-0.1, -0.05) is 17.7 Å². The third kappa shape index (κ3) is 5.68. The number of aromatic nitrogens is 1. The molecule has 1 aromatic heterocycles. The van der Waals surface area contributed by atoms with E-state index in [1.54, 1.807) is 36.7 Å². The van der Waals surface area contributed by atoms with Crippen LogP contribution in [0.1, 0.15) is 16.7 Å². The third-order valence-corrected chi connectivity index (χ3v) is 6.62. The number of sulfonamides is 1. The molecule has 1 heterocycles. The smallest absolute Gasteiger partial charge is 0.264 e. The molecule has 2 aromatic carbocycles. The molecular formula is C22H21ClN4O3S. The first-order valence-electron chi connectivity index (χ1n) is 9.35. The van der Waals surface area contributed by atoms with Crippen molar-refractivity contribution in [3.8, 4) is 0 Å². The van der Waals surface area contributed by atoms with Gasteiger partial charge in [-0.2, -0.15) is 5.10 Å². The molecule has 0 fully saturated rings. The maximum absolute atomic E-state index is 13.3. The minimum atomic E-state index is -4.02. The summed E-state index contributed by atoms with van der Waals surface area (Å²) in [5.41, 5.74) is 5.42. The standard InChI is InChI=1S/C22H21ClN4O3S/c1-16-3-6-20(13-17(16)2)27(31(29,30)21-7-4-19(23)5-8-21)15-22(28)26-25-14-18-9-11-24-12-10-18/h3-14H,15H2,1-2H3,(H,26,28)/b25-14-. The van der Waals surface area contributed by atoms with Crippen LogP contribution in [-0.4, -0.2) is 32.1 Å². The number of anilines is 1. The van der Waals surface area contributed by atoms with Gasteiger partial charge in [-0.3, -0.25) is 14.1 Å². The van der Waals surface area contributed by atoms with Crippen molar-refractivity contribution >= 4 is 39.4 Å². The number of benzene rings is 2. The van der Waals surface area contributed by atoms with E-state index in [0.717, 1.165) is 21.0 Å². The van der Waals surface area contributed by atoms with E-state index in [9.17, 15) is 13.2 Å². The average Bonchev–Trinajstić information content (AvgIpc) is 2.75. The predicted molar refractivity (Wildman–Crippen MR) is 122 cm³/mol. The molecule has 1 amide bonds. The van der Waals surface area contributed by atoms with E-state index in [0.29, 0.717) is 10.7 Å². The lowest BCUT2D eigenvalue weighted by molar-refractivity contribution is -0.119. The number of amides is 1. The molecule has 0 unspecified atom stereocenters. The number of rotatable bonds is 7. The first-order chi connectivity index (χ1) is 14.8. The number of nitrogens with one attached hydrogen (secondary N) is 1. The van der Waals surface area contributed by atoms with Crippen molar-refractivity contribution in [2.24, 2.45) is 5.10 Å². The van der Waals surface area contributed by atoms with Crippen molar-refractivity contribution in [2.75, 3.05) is 10.8 Å². The normalized spacial score (nSPS) is 11.5. The van der Waals surface area contributed by atoms with Crippen molar-refractivity contribution in [1.29, 1.82) is 0 Å². The third-order valence-electron chi connectivity index (χ3n) is 4.58. The Morgan fingerprint density at radius 3 is 2.39 bits per heavy atom. The van der Waals surface area contributed by atoms with Gasteiger partial charge in [0.05, 0.1) is 16.8 Å². The molecule has 7 nitrogen and oxygen atoms in total. The Bertz CT molecular complexity index is 1200. The van der Waals surface area contributed by atoms with Crippen LogP contribution in [0.4, 0.5) is 5.69 Å². The lowest BCUT2D eigenvalue weighted by Crippen LogP contribution is -2.39. The number of hydrogen-bond donors (Lipinski definition) is 1. The second kappa shape index (κ2) is 9.72. The van der Waals surface area contributed by atoms with Gasteiger partial charge < -0.3 is 0 Å². The Morgan fingerprint density at radius 1 is 1.06 bits per heavy atom. The molecule has 9 heteroatoms. The highest BCUT2D eigenvalue weighted by Crippen LogP contribution is 2.26. The minimum Gasteiger partial charge on any atom is -0.271 e. The molecule has 3 rings (SSSR count). The Morgan fingerprint density at radius 2 is 1.74 bits per heavy atom. The van der Waals surface area contributed by atoms with Crippen molar-refractivity contribution < 1.29 is 13.2 Å². The molecular weight excluding hydrogens is 436 g/mol. The molecule has 1 N–H and O–H groups in total. The molecule has 0 bridgehead atoms. The van der Waals surface area contributed by atoms with Crippen LogP contribution in [0, 0.1) is 13.8 Å². The van der Waals surface area contributed by atoms with Gasteiger partial charge in [0.1, 0.15) is 6.54 Å². The highest BCUT2D eigenvalue weighted by atomic mass is 35.5. The van der Waals surface area contributed by atoms with Gasteiger partial charge >= 0.3 is 0 Å². The first kappa shape index (κ1) is 22.5. The van der Waals surface area contributed by atoms with Gasteiger partial charge in [-0.05, 0) is 79.1 Å². The Kier molecular flexibility index (Phi) is 7.04. The summed E-state index contributed by atoms with van der Waals surface area (Å²) in [4.78, 5) is 16.5. The molecule has 0 saturated carbocycles. The van der Waals surface area contributed by atoms with Gasteiger partial charge in [-0.25, -0.2) is 13.8 Å². The summed E-state index contributed by atoms with van der Waals surface area (Å²) in [6.07, 6.45) is 4.65. The summed E-state index contributed by atoms with van der Waals surface area (Å²) in [7, 11) is -4.02. The number of nitrogens with zero attached hydrogens (tertiary/aromatic N) is 3. The molecule has 3 aromatic rings. The molecule has 0 aliphatic carbocycles. The van der Waals surface area contributed by atoms with E-state index >= 15 is 0 Å². The number of pyridine rings is 1. The number of hydrazone groups is 1. The molecule has 0 atom stereocenters. The fourth-order valence-electron chi connectivity index (χ4n) is 2.72. The van der Waals surface area contributed by atoms with Crippen molar-refractivity contribution in [3.63, 3.8) is 0 Å². The Balaban J connectivity index is 1.88. The van der Waals surface area contributed by atoms with Crippen LogP contribution >= 0.6 is 11.6 Å². The molecule has 0 radical (unpaired) electrons. The SMILES string of the molecule is Cc1ccc(N(CC(=O)N/N=C\c2ccncc2)S(=O)(=O)c2ccc(Cl)cc2)cc1C. The largest absolute Gasteiger partial charge is 0.271 e. The van der Waals surface area contributed by atoms with Crippen LogP contribution in [0.5, 0.6) is 0 Å². The van der Waals surface area contributed by atoms with Crippen molar-refractivity contribution in [3.05, 3.63) is 88.7 Å². The Hall–Kier alpha value is -3.23. The highest BCUT2D eigenvalue weighted by Gasteiger charge is 2.27. The van der Waals surface area contributed by atoms with Gasteiger partial charge in [0.25, 0.3) is 15.9 Å². The summed E-state index contributed by atoms with van der Waals surface area (Å²) in [6, 6.07) is 14.5. The average molecular weight is 457 g/mol. The van der Waals surface area contributed by atoms with E-state index in [2.05, 4.69) is 15.5 Å². The number of halogens is 1. The second-order valence-electron chi connectivity index (χ2n) is 6.81. The quantitative estimate of drug-likeness (QED) is 0.433. The van der Waals surface area contributed by atoms with Crippen LogP contribution in [0.15, 0.2) is 77.0 Å². The number of carbonyl (C=O) groups excluding carboxylic acids is 1. The van der Waals surface area contributed by atoms with E-state index in [4.69, 9.17) is 11.6 Å². The maximum Gasteiger partial charge on any atom is 0.264 e. The number of aryl methyl sites for hydroxylation is 2. The lowest BCUT2D eigenvalue weighted by Gasteiger charge is -2.24. The number of carbonyl (C=O) groups is 1. The molecule has 0 spiro atoms. The summed E-state index contributed by atoms with van der Waals surface area (Å²) in [6.45, 7) is 3.36. The monoisotopic (exact) mass is 456 g/mol. The summed E-state index contributed by atoms with van der Waals surface area (Å²) < 4.78 is 27.7. The van der Waals surface area contributed by atoms with Crippen LogP contribution < -0.4 is 9.73 Å².